The Balaban J connectivity index is 2.00. The summed E-state index contributed by atoms with van der Waals surface area (Å²) in [6, 6.07) is 9.67. The monoisotopic (exact) mass is 385 g/mol. The molecule has 0 aliphatic carbocycles. The molecule has 1 N–H and O–H groups in total. The minimum absolute atomic E-state index is 0.302. The Morgan fingerprint density at radius 1 is 1.32 bits per heavy atom. The van der Waals surface area contributed by atoms with Gasteiger partial charge in [0.05, 0.1) is 12.7 Å². The highest BCUT2D eigenvalue weighted by atomic mass is 79.9. The summed E-state index contributed by atoms with van der Waals surface area (Å²) >= 11 is 9.10. The first-order valence-corrected chi connectivity index (χ1v) is 7.74. The summed E-state index contributed by atoms with van der Waals surface area (Å²) in [7, 11) is 1.48. The molecular formula is C16H14BrClFNO2. The topological polar surface area (TPSA) is 38.3 Å². The van der Waals surface area contributed by atoms with E-state index in [4.69, 9.17) is 16.3 Å². The lowest BCUT2D eigenvalue weighted by atomic mass is 10.1. The van der Waals surface area contributed by atoms with Gasteiger partial charge in [-0.1, -0.05) is 33.6 Å². The summed E-state index contributed by atoms with van der Waals surface area (Å²) < 4.78 is 19.5. The minimum atomic E-state index is -0.308. The van der Waals surface area contributed by atoms with E-state index in [1.807, 2.05) is 0 Å². The fourth-order valence-electron chi connectivity index (χ4n) is 1.99. The van der Waals surface area contributed by atoms with Crippen LogP contribution in [0.3, 0.4) is 0 Å². The number of halogens is 3. The zero-order chi connectivity index (χ0) is 16.1. The summed E-state index contributed by atoms with van der Waals surface area (Å²) in [5.41, 5.74) is 0.896. The third-order valence-corrected chi connectivity index (χ3v) is 3.83. The number of carbonyl (C=O) groups excluding carboxylic acids is 1. The van der Waals surface area contributed by atoms with Crippen LogP contribution in [0.25, 0.3) is 0 Å². The number of methoxy groups -OCH3 is 1. The number of ether oxygens (including phenoxy) is 1. The van der Waals surface area contributed by atoms with Crippen LogP contribution in [-0.4, -0.2) is 19.6 Å². The third-order valence-electron chi connectivity index (χ3n) is 3.10. The highest BCUT2D eigenvalue weighted by Gasteiger charge is 2.12. The average Bonchev–Trinajstić information content (AvgIpc) is 2.49. The fourth-order valence-corrected chi connectivity index (χ4v) is 2.49. The molecule has 6 heteroatoms. The Hall–Kier alpha value is -1.59. The SMILES string of the molecule is COc1ccc(Cl)cc1C(=O)NCCc1ccc(Br)cc1F. The Morgan fingerprint density at radius 3 is 2.77 bits per heavy atom. The van der Waals surface area contributed by atoms with E-state index in [9.17, 15) is 9.18 Å². The van der Waals surface area contributed by atoms with E-state index in [2.05, 4.69) is 21.2 Å². The third kappa shape index (κ3) is 4.21. The summed E-state index contributed by atoms with van der Waals surface area (Å²) in [6.45, 7) is 0.313. The fraction of sp³-hybridized carbons (Fsp3) is 0.188. The zero-order valence-electron chi connectivity index (χ0n) is 11.8. The highest BCUT2D eigenvalue weighted by molar-refractivity contribution is 9.10. The molecule has 3 nitrogen and oxygen atoms in total. The van der Waals surface area contributed by atoms with Crippen LogP contribution in [0.4, 0.5) is 4.39 Å². The van der Waals surface area contributed by atoms with Crippen molar-refractivity contribution in [1.29, 1.82) is 0 Å². The molecule has 0 aromatic heterocycles. The van der Waals surface area contributed by atoms with Gasteiger partial charge in [-0.15, -0.1) is 0 Å². The van der Waals surface area contributed by atoms with Crippen LogP contribution in [0.2, 0.25) is 5.02 Å². The summed E-state index contributed by atoms with van der Waals surface area (Å²) in [5, 5.41) is 3.18. The van der Waals surface area contributed by atoms with Gasteiger partial charge in [0.2, 0.25) is 0 Å². The molecule has 0 spiro atoms. The minimum Gasteiger partial charge on any atom is -0.496 e. The van der Waals surface area contributed by atoms with Gasteiger partial charge in [-0.05, 0) is 42.3 Å². The molecule has 0 heterocycles. The number of rotatable bonds is 5. The Kier molecular flexibility index (Phi) is 5.80. The zero-order valence-corrected chi connectivity index (χ0v) is 14.2. The number of carbonyl (C=O) groups is 1. The molecule has 0 saturated heterocycles. The molecule has 0 unspecified atom stereocenters. The van der Waals surface area contributed by atoms with E-state index in [-0.39, 0.29) is 11.7 Å². The van der Waals surface area contributed by atoms with E-state index in [0.29, 0.717) is 39.3 Å². The number of benzene rings is 2. The second-order valence-corrected chi connectivity index (χ2v) is 5.94. The number of hydrogen-bond acceptors (Lipinski definition) is 2. The molecule has 0 atom stereocenters. The normalized spacial score (nSPS) is 10.4. The molecule has 0 bridgehead atoms. The second-order valence-electron chi connectivity index (χ2n) is 4.59. The highest BCUT2D eigenvalue weighted by Crippen LogP contribution is 2.22. The standard InChI is InChI=1S/C16H14BrClFNO2/c1-22-15-5-4-12(18)9-13(15)16(21)20-7-6-10-2-3-11(17)8-14(10)19/h2-5,8-9H,6-7H2,1H3,(H,20,21). The van der Waals surface area contributed by atoms with E-state index in [0.717, 1.165) is 0 Å². The van der Waals surface area contributed by atoms with Crippen molar-refractivity contribution in [2.24, 2.45) is 0 Å². The predicted molar refractivity (Wildman–Crippen MR) is 88.1 cm³/mol. The van der Waals surface area contributed by atoms with Gasteiger partial charge >= 0.3 is 0 Å². The molecule has 0 aliphatic rings. The molecule has 2 aromatic rings. The van der Waals surface area contributed by atoms with Gasteiger partial charge in [0.1, 0.15) is 11.6 Å². The van der Waals surface area contributed by atoms with Crippen molar-refractivity contribution < 1.29 is 13.9 Å². The quantitative estimate of drug-likeness (QED) is 0.835. The lowest BCUT2D eigenvalue weighted by Gasteiger charge is -2.10. The predicted octanol–water partition coefficient (Wildman–Crippen LogP) is 4.22. The molecule has 0 radical (unpaired) electrons. The van der Waals surface area contributed by atoms with Crippen LogP contribution in [0, 0.1) is 5.82 Å². The van der Waals surface area contributed by atoms with E-state index in [1.54, 1.807) is 24.3 Å². The first-order chi connectivity index (χ1) is 10.5. The maximum Gasteiger partial charge on any atom is 0.255 e. The van der Waals surface area contributed by atoms with Crippen molar-refractivity contribution in [2.45, 2.75) is 6.42 Å². The van der Waals surface area contributed by atoms with Crippen LogP contribution >= 0.6 is 27.5 Å². The van der Waals surface area contributed by atoms with E-state index in [1.165, 1.54) is 19.2 Å². The summed E-state index contributed by atoms with van der Waals surface area (Å²) in [5.74, 6) is -0.169. The first kappa shape index (κ1) is 16.8. The van der Waals surface area contributed by atoms with E-state index >= 15 is 0 Å². The Morgan fingerprint density at radius 2 is 2.09 bits per heavy atom. The molecule has 2 rings (SSSR count). The van der Waals surface area contributed by atoms with Crippen molar-refractivity contribution in [3.63, 3.8) is 0 Å². The lowest BCUT2D eigenvalue weighted by molar-refractivity contribution is 0.0951. The van der Waals surface area contributed by atoms with Crippen molar-refractivity contribution in [3.05, 3.63) is 62.8 Å². The van der Waals surface area contributed by atoms with Gasteiger partial charge in [0, 0.05) is 16.0 Å². The van der Waals surface area contributed by atoms with Gasteiger partial charge < -0.3 is 10.1 Å². The first-order valence-electron chi connectivity index (χ1n) is 6.57. The molecule has 22 heavy (non-hydrogen) atoms. The average molecular weight is 387 g/mol. The van der Waals surface area contributed by atoms with Gasteiger partial charge in [-0.2, -0.15) is 0 Å². The second kappa shape index (κ2) is 7.61. The van der Waals surface area contributed by atoms with Gasteiger partial charge in [-0.25, -0.2) is 4.39 Å². The van der Waals surface area contributed by atoms with Crippen LogP contribution in [0.1, 0.15) is 15.9 Å². The number of amides is 1. The molecule has 116 valence electrons. The van der Waals surface area contributed by atoms with Crippen LogP contribution < -0.4 is 10.1 Å². The van der Waals surface area contributed by atoms with Gasteiger partial charge in [-0.3, -0.25) is 4.79 Å². The summed E-state index contributed by atoms with van der Waals surface area (Å²) in [4.78, 5) is 12.2. The van der Waals surface area contributed by atoms with Crippen LogP contribution in [-0.2, 0) is 6.42 Å². The molecule has 0 aliphatic heterocycles. The van der Waals surface area contributed by atoms with Crippen molar-refractivity contribution in [1.82, 2.24) is 5.32 Å². The van der Waals surface area contributed by atoms with Crippen molar-refractivity contribution >= 4 is 33.4 Å². The van der Waals surface area contributed by atoms with Crippen LogP contribution in [0.15, 0.2) is 40.9 Å². The maximum atomic E-state index is 13.7. The Bertz CT molecular complexity index is 694. The number of hydrogen-bond donors (Lipinski definition) is 1. The van der Waals surface area contributed by atoms with Gasteiger partial charge in [0.25, 0.3) is 5.91 Å². The molecule has 2 aromatic carbocycles. The smallest absolute Gasteiger partial charge is 0.255 e. The van der Waals surface area contributed by atoms with E-state index < -0.39 is 0 Å². The lowest BCUT2D eigenvalue weighted by Crippen LogP contribution is -2.26. The summed E-state index contributed by atoms with van der Waals surface area (Å²) in [6.07, 6.45) is 0.397. The molecule has 0 fully saturated rings. The van der Waals surface area contributed by atoms with Crippen LogP contribution in [0.5, 0.6) is 5.75 Å². The molecule has 0 saturated carbocycles. The maximum absolute atomic E-state index is 13.7. The van der Waals surface area contributed by atoms with Gasteiger partial charge in [0.15, 0.2) is 0 Å². The molecular weight excluding hydrogens is 373 g/mol. The van der Waals surface area contributed by atoms with Crippen molar-refractivity contribution in [3.8, 4) is 5.75 Å². The Labute approximate surface area is 141 Å². The molecule has 1 amide bonds. The largest absolute Gasteiger partial charge is 0.496 e. The number of nitrogens with one attached hydrogen (secondary N) is 1. The van der Waals surface area contributed by atoms with Crippen molar-refractivity contribution in [2.75, 3.05) is 13.7 Å².